The van der Waals surface area contributed by atoms with Gasteiger partial charge in [0.15, 0.2) is 0 Å². The summed E-state index contributed by atoms with van der Waals surface area (Å²) in [5.41, 5.74) is 0. The summed E-state index contributed by atoms with van der Waals surface area (Å²) in [6.45, 7) is 6.28. The average molecular weight is 205 g/mol. The smallest absolute Gasteiger partial charge is 1.00 e. The predicted octanol–water partition coefficient (Wildman–Crippen LogP) is -0.190. The molecule has 0 heterocycles. The van der Waals surface area contributed by atoms with E-state index in [-0.39, 0.29) is 12.4 Å². The SMILES string of the molecule is CCCCOCCCC.[CH3][Mg+].[Cl-]. The number of unbranched alkanes of at least 4 members (excludes halogenated alkanes) is 2. The van der Waals surface area contributed by atoms with Crippen LogP contribution in [0, 0.1) is 0 Å². The predicted molar refractivity (Wildman–Crippen MR) is 52.3 cm³/mol. The van der Waals surface area contributed by atoms with E-state index < -0.39 is 0 Å². The first-order valence-corrected chi connectivity index (χ1v) is 6.11. The van der Waals surface area contributed by atoms with Gasteiger partial charge in [-0.05, 0) is 12.8 Å². The summed E-state index contributed by atoms with van der Waals surface area (Å²) in [7, 11) is 0. The molecule has 72 valence electrons. The summed E-state index contributed by atoms with van der Waals surface area (Å²) in [5.74, 6) is 0. The molecule has 0 spiro atoms. The summed E-state index contributed by atoms with van der Waals surface area (Å²) in [6.07, 6.45) is 4.91. The molecule has 0 atom stereocenters. The van der Waals surface area contributed by atoms with Crippen molar-refractivity contribution in [2.45, 2.75) is 44.6 Å². The van der Waals surface area contributed by atoms with E-state index in [1.165, 1.54) is 25.7 Å². The van der Waals surface area contributed by atoms with Crippen LogP contribution in [0.25, 0.3) is 0 Å². The second-order valence-corrected chi connectivity index (χ2v) is 2.32. The van der Waals surface area contributed by atoms with Gasteiger partial charge in [0.05, 0.1) is 0 Å². The number of rotatable bonds is 6. The summed E-state index contributed by atoms with van der Waals surface area (Å²) >= 11 is 1.86. The Morgan fingerprint density at radius 2 is 1.25 bits per heavy atom. The van der Waals surface area contributed by atoms with Crippen LogP contribution < -0.4 is 12.4 Å². The third-order valence-electron chi connectivity index (χ3n) is 1.28. The van der Waals surface area contributed by atoms with Gasteiger partial charge >= 0.3 is 26.8 Å². The first-order valence-electron chi connectivity index (χ1n) is 4.70. The van der Waals surface area contributed by atoms with Crippen molar-refractivity contribution in [3.05, 3.63) is 0 Å². The number of hydrogen-bond acceptors (Lipinski definition) is 1. The van der Waals surface area contributed by atoms with Crippen molar-refractivity contribution in [1.82, 2.24) is 0 Å². The quantitative estimate of drug-likeness (QED) is 0.431. The maximum Gasteiger partial charge on any atom is -1.00 e. The number of ether oxygens (including phenoxy) is 1. The zero-order valence-electron chi connectivity index (χ0n) is 8.74. The van der Waals surface area contributed by atoms with Gasteiger partial charge in [0.25, 0.3) is 0 Å². The van der Waals surface area contributed by atoms with E-state index in [1.807, 2.05) is 26.8 Å². The molecule has 0 aliphatic heterocycles. The van der Waals surface area contributed by atoms with E-state index in [0.29, 0.717) is 0 Å². The molecule has 0 radical (unpaired) electrons. The minimum absolute atomic E-state index is 0. The second-order valence-electron chi connectivity index (χ2n) is 2.32. The van der Waals surface area contributed by atoms with E-state index in [2.05, 4.69) is 13.8 Å². The van der Waals surface area contributed by atoms with Crippen molar-refractivity contribution in [2.75, 3.05) is 13.2 Å². The van der Waals surface area contributed by atoms with Gasteiger partial charge in [-0.2, -0.15) is 0 Å². The Hall–Kier alpha value is 1.02. The zero-order valence-corrected chi connectivity index (χ0v) is 10.9. The fourth-order valence-corrected chi connectivity index (χ4v) is 0.595. The van der Waals surface area contributed by atoms with Crippen LogP contribution in [-0.2, 0) is 4.74 Å². The van der Waals surface area contributed by atoms with E-state index >= 15 is 0 Å². The molecule has 0 unspecified atom stereocenters. The molecule has 0 rings (SSSR count). The zero-order chi connectivity index (χ0) is 8.95. The summed E-state index contributed by atoms with van der Waals surface area (Å²) in [6, 6.07) is 0. The Labute approximate surface area is 96.5 Å². The number of hydrogen-bond donors (Lipinski definition) is 0. The Kier molecular flexibility index (Phi) is 35.4. The third kappa shape index (κ3) is 22.5. The molecule has 1 nitrogen and oxygen atoms in total. The van der Waals surface area contributed by atoms with Crippen molar-refractivity contribution in [3.8, 4) is 0 Å². The van der Waals surface area contributed by atoms with Gasteiger partial charge in [0.2, 0.25) is 0 Å². The topological polar surface area (TPSA) is 9.23 Å². The van der Waals surface area contributed by atoms with Gasteiger partial charge < -0.3 is 17.1 Å². The third-order valence-corrected chi connectivity index (χ3v) is 1.28. The molecule has 0 aromatic rings. The summed E-state index contributed by atoms with van der Waals surface area (Å²) in [4.78, 5) is 0. The van der Waals surface area contributed by atoms with Crippen molar-refractivity contribution < 1.29 is 17.1 Å². The maximum absolute atomic E-state index is 5.31. The standard InChI is InChI=1S/C8H18O.CH3.ClH.Mg/c1-3-5-7-9-8-6-4-2;;;/h3-8H2,1-2H3;1H3;1H;/q;;;+1/p-1. The fraction of sp³-hybridized carbons (Fsp3) is 1.00. The summed E-state index contributed by atoms with van der Waals surface area (Å²) < 4.78 is 5.31. The Bertz CT molecular complexity index is 47.8. The van der Waals surface area contributed by atoms with Crippen molar-refractivity contribution in [1.29, 1.82) is 0 Å². The molecule has 12 heavy (non-hydrogen) atoms. The van der Waals surface area contributed by atoms with Gasteiger partial charge in [-0.1, -0.05) is 26.7 Å². The second kappa shape index (κ2) is 22.7. The van der Waals surface area contributed by atoms with Crippen molar-refractivity contribution >= 4 is 21.7 Å². The van der Waals surface area contributed by atoms with Crippen LogP contribution in [0.4, 0.5) is 0 Å². The Morgan fingerprint density at radius 3 is 1.50 bits per heavy atom. The molecule has 0 bridgehead atoms. The van der Waals surface area contributed by atoms with Gasteiger partial charge in [0.1, 0.15) is 0 Å². The minimum Gasteiger partial charge on any atom is -1.00 e. The van der Waals surface area contributed by atoms with Crippen LogP contribution in [-0.4, -0.2) is 34.9 Å². The summed E-state index contributed by atoms with van der Waals surface area (Å²) in [5, 5.41) is 2.03. The fourth-order valence-electron chi connectivity index (χ4n) is 0.595. The van der Waals surface area contributed by atoms with Crippen LogP contribution in [0.5, 0.6) is 0 Å². The largest absolute Gasteiger partial charge is 1.00 e. The molecular weight excluding hydrogens is 184 g/mol. The molecule has 0 N–H and O–H groups in total. The van der Waals surface area contributed by atoms with Crippen LogP contribution >= 0.6 is 0 Å². The van der Waals surface area contributed by atoms with Gasteiger partial charge in [-0.3, -0.25) is 0 Å². The molecule has 3 heteroatoms. The minimum atomic E-state index is 0. The molecule has 0 amide bonds. The molecular formula is C9H21ClMgO. The number of halogens is 1. The van der Waals surface area contributed by atoms with Gasteiger partial charge in [0, 0.05) is 13.2 Å². The van der Waals surface area contributed by atoms with Crippen LogP contribution in [0.1, 0.15) is 39.5 Å². The van der Waals surface area contributed by atoms with E-state index in [0.717, 1.165) is 13.2 Å². The first kappa shape index (κ1) is 18.7. The molecule has 0 aliphatic rings. The van der Waals surface area contributed by atoms with Gasteiger partial charge in [-0.15, -0.1) is 0 Å². The van der Waals surface area contributed by atoms with Crippen LogP contribution in [0.2, 0.25) is 5.05 Å². The van der Waals surface area contributed by atoms with Crippen molar-refractivity contribution in [2.24, 2.45) is 0 Å². The Balaban J connectivity index is -0.000000249. The first-order chi connectivity index (χ1) is 5.41. The molecule has 0 fully saturated rings. The van der Waals surface area contributed by atoms with E-state index in [9.17, 15) is 0 Å². The molecule has 0 saturated carbocycles. The monoisotopic (exact) mass is 204 g/mol. The van der Waals surface area contributed by atoms with E-state index in [1.54, 1.807) is 0 Å². The van der Waals surface area contributed by atoms with E-state index in [4.69, 9.17) is 4.74 Å². The van der Waals surface area contributed by atoms with Crippen molar-refractivity contribution in [3.63, 3.8) is 0 Å². The normalized spacial score (nSPS) is 8.08. The van der Waals surface area contributed by atoms with Crippen LogP contribution in [0.15, 0.2) is 0 Å². The Morgan fingerprint density at radius 1 is 0.917 bits per heavy atom. The molecule has 0 aromatic heterocycles. The molecule has 0 aliphatic carbocycles. The molecule has 0 aromatic carbocycles. The maximum atomic E-state index is 5.31. The van der Waals surface area contributed by atoms with Gasteiger partial charge in [-0.25, -0.2) is 0 Å². The average Bonchev–Trinajstić information content (AvgIpc) is 2.08. The molecule has 0 saturated heterocycles. The van der Waals surface area contributed by atoms with Crippen LogP contribution in [0.3, 0.4) is 0 Å².